The minimum Gasteiger partial charge on any atom is -0.481 e. The smallest absolute Gasteiger partial charge is 0.311 e. The third-order valence-electron chi connectivity index (χ3n) is 4.20. The lowest BCUT2D eigenvalue weighted by Gasteiger charge is -2.41. The fraction of sp³-hybridized carbons (Fsp3) is 0.500. The predicted octanol–water partition coefficient (Wildman–Crippen LogP) is 3.17. The molecule has 1 unspecified atom stereocenters. The molecule has 0 bridgehead atoms. The molecule has 1 aromatic rings. The number of aliphatic carboxylic acids is 1. The van der Waals surface area contributed by atoms with E-state index in [1.165, 1.54) is 6.07 Å². The van der Waals surface area contributed by atoms with Crippen molar-refractivity contribution in [3.05, 3.63) is 29.6 Å². The van der Waals surface area contributed by atoms with Gasteiger partial charge in [-0.1, -0.05) is 19.4 Å². The first-order valence-electron chi connectivity index (χ1n) is 7.21. The zero-order valence-electron chi connectivity index (χ0n) is 12.1. The van der Waals surface area contributed by atoms with Crippen molar-refractivity contribution in [2.45, 2.75) is 32.6 Å². The highest BCUT2D eigenvalue weighted by Gasteiger charge is 2.42. The molecule has 1 heterocycles. The SMILES string of the molecule is CCCC1(C(=O)O)CCCN(c2cccc(F)c2C#N)C1. The number of carbonyl (C=O) groups is 1. The van der Waals surface area contributed by atoms with Gasteiger partial charge in [0, 0.05) is 13.1 Å². The number of anilines is 1. The lowest BCUT2D eigenvalue weighted by molar-refractivity contribution is -0.150. The second kappa shape index (κ2) is 6.13. The largest absolute Gasteiger partial charge is 0.481 e. The second-order valence-corrected chi connectivity index (χ2v) is 5.61. The molecule has 0 spiro atoms. The molecule has 0 saturated carbocycles. The molecule has 5 heteroatoms. The Balaban J connectivity index is 2.36. The summed E-state index contributed by atoms with van der Waals surface area (Å²) in [7, 11) is 0. The van der Waals surface area contributed by atoms with E-state index in [0.29, 0.717) is 31.6 Å². The number of rotatable bonds is 4. The van der Waals surface area contributed by atoms with E-state index in [-0.39, 0.29) is 5.56 Å². The summed E-state index contributed by atoms with van der Waals surface area (Å²) in [5, 5.41) is 18.7. The second-order valence-electron chi connectivity index (χ2n) is 5.61. The first-order chi connectivity index (χ1) is 10.0. The molecule has 1 N–H and O–H groups in total. The first kappa shape index (κ1) is 15.3. The molecule has 1 saturated heterocycles. The van der Waals surface area contributed by atoms with Crippen LogP contribution in [0.15, 0.2) is 18.2 Å². The average molecular weight is 290 g/mol. The summed E-state index contributed by atoms with van der Waals surface area (Å²) >= 11 is 0. The van der Waals surface area contributed by atoms with Crippen LogP contribution < -0.4 is 4.90 Å². The van der Waals surface area contributed by atoms with Gasteiger partial charge < -0.3 is 10.0 Å². The standard InChI is InChI=1S/C16H19FN2O2/c1-2-7-16(15(20)21)8-4-9-19(11-16)14-6-3-5-13(17)12(14)10-18/h3,5-6H,2,4,7-9,11H2,1H3,(H,20,21). The fourth-order valence-corrected chi connectivity index (χ4v) is 3.19. The molecule has 4 nitrogen and oxygen atoms in total. The molecule has 0 aliphatic carbocycles. The highest BCUT2D eigenvalue weighted by molar-refractivity contribution is 5.76. The molecule has 1 atom stereocenters. The van der Waals surface area contributed by atoms with E-state index >= 15 is 0 Å². The van der Waals surface area contributed by atoms with Crippen molar-refractivity contribution in [1.29, 1.82) is 5.26 Å². The van der Waals surface area contributed by atoms with Crippen LogP contribution in [0.1, 0.15) is 38.2 Å². The van der Waals surface area contributed by atoms with Crippen LogP contribution in [0, 0.1) is 22.6 Å². The number of halogens is 1. The summed E-state index contributed by atoms with van der Waals surface area (Å²) in [4.78, 5) is 13.5. The average Bonchev–Trinajstić information content (AvgIpc) is 2.47. The van der Waals surface area contributed by atoms with Crippen molar-refractivity contribution < 1.29 is 14.3 Å². The van der Waals surface area contributed by atoms with E-state index in [1.807, 2.05) is 17.9 Å². The Bertz CT molecular complexity index is 578. The van der Waals surface area contributed by atoms with E-state index in [1.54, 1.807) is 12.1 Å². The molecule has 0 aromatic heterocycles. The molecule has 21 heavy (non-hydrogen) atoms. The van der Waals surface area contributed by atoms with Crippen molar-refractivity contribution in [3.63, 3.8) is 0 Å². The van der Waals surface area contributed by atoms with Gasteiger partial charge in [0.05, 0.1) is 11.1 Å². The van der Waals surface area contributed by atoms with Crippen molar-refractivity contribution in [2.24, 2.45) is 5.41 Å². The first-order valence-corrected chi connectivity index (χ1v) is 7.21. The Morgan fingerprint density at radius 2 is 2.33 bits per heavy atom. The van der Waals surface area contributed by atoms with Gasteiger partial charge in [0.2, 0.25) is 0 Å². The topological polar surface area (TPSA) is 64.3 Å². The zero-order valence-corrected chi connectivity index (χ0v) is 12.1. The molecule has 0 radical (unpaired) electrons. The number of carboxylic acids is 1. The van der Waals surface area contributed by atoms with Crippen molar-refractivity contribution >= 4 is 11.7 Å². The molecule has 1 aromatic carbocycles. The maximum absolute atomic E-state index is 13.7. The van der Waals surface area contributed by atoms with Gasteiger partial charge in [-0.05, 0) is 31.4 Å². The van der Waals surface area contributed by atoms with E-state index in [2.05, 4.69) is 0 Å². The summed E-state index contributed by atoms with van der Waals surface area (Å²) in [5.74, 6) is -1.36. The van der Waals surface area contributed by atoms with Crippen LogP contribution in [-0.4, -0.2) is 24.2 Å². The van der Waals surface area contributed by atoms with Gasteiger partial charge in [-0.3, -0.25) is 4.79 Å². The lowest BCUT2D eigenvalue weighted by Crippen LogP contribution is -2.48. The molecule has 1 aliphatic heterocycles. The van der Waals surface area contributed by atoms with Gasteiger partial charge in [0.1, 0.15) is 17.4 Å². The Kier molecular flexibility index (Phi) is 4.46. The Labute approximate surface area is 123 Å². The van der Waals surface area contributed by atoms with Crippen LogP contribution in [0.4, 0.5) is 10.1 Å². The summed E-state index contributed by atoms with van der Waals surface area (Å²) < 4.78 is 13.7. The van der Waals surface area contributed by atoms with Crippen molar-refractivity contribution in [1.82, 2.24) is 0 Å². The van der Waals surface area contributed by atoms with E-state index in [0.717, 1.165) is 12.8 Å². The molecule has 0 amide bonds. The number of nitrogens with zero attached hydrogens (tertiary/aromatic N) is 2. The van der Waals surface area contributed by atoms with Crippen LogP contribution in [0.25, 0.3) is 0 Å². The highest BCUT2D eigenvalue weighted by atomic mass is 19.1. The molecule has 112 valence electrons. The third kappa shape index (κ3) is 2.85. The van der Waals surface area contributed by atoms with Gasteiger partial charge in [0.25, 0.3) is 0 Å². The van der Waals surface area contributed by atoms with Gasteiger partial charge in [-0.15, -0.1) is 0 Å². The number of benzene rings is 1. The molecule has 2 rings (SSSR count). The van der Waals surface area contributed by atoms with E-state index in [9.17, 15) is 14.3 Å². The summed E-state index contributed by atoms with van der Waals surface area (Å²) in [6.45, 7) is 2.94. The minimum atomic E-state index is -0.802. The van der Waals surface area contributed by atoms with Gasteiger partial charge in [-0.25, -0.2) is 4.39 Å². The normalized spacial score (nSPS) is 21.9. The lowest BCUT2D eigenvalue weighted by atomic mass is 9.76. The number of hydrogen-bond acceptors (Lipinski definition) is 3. The maximum Gasteiger partial charge on any atom is 0.311 e. The molecular formula is C16H19FN2O2. The Hall–Kier alpha value is -2.09. The van der Waals surface area contributed by atoms with E-state index in [4.69, 9.17) is 5.26 Å². The van der Waals surface area contributed by atoms with Crippen molar-refractivity contribution in [3.8, 4) is 6.07 Å². The summed E-state index contributed by atoms with van der Waals surface area (Å²) in [6.07, 6.45) is 2.74. The quantitative estimate of drug-likeness (QED) is 0.925. The third-order valence-corrected chi connectivity index (χ3v) is 4.20. The Morgan fingerprint density at radius 1 is 1.57 bits per heavy atom. The van der Waals surface area contributed by atoms with Gasteiger partial charge in [-0.2, -0.15) is 5.26 Å². The molecule has 1 fully saturated rings. The fourth-order valence-electron chi connectivity index (χ4n) is 3.19. The monoisotopic (exact) mass is 290 g/mol. The van der Waals surface area contributed by atoms with Crippen LogP contribution >= 0.6 is 0 Å². The number of piperidine rings is 1. The predicted molar refractivity (Wildman–Crippen MR) is 77.5 cm³/mol. The number of hydrogen-bond donors (Lipinski definition) is 1. The zero-order chi connectivity index (χ0) is 15.5. The Morgan fingerprint density at radius 3 is 2.95 bits per heavy atom. The van der Waals surface area contributed by atoms with Crippen LogP contribution in [0.3, 0.4) is 0 Å². The summed E-state index contributed by atoms with van der Waals surface area (Å²) in [5.41, 5.74) is -0.305. The van der Waals surface area contributed by atoms with Crippen LogP contribution in [0.2, 0.25) is 0 Å². The highest BCUT2D eigenvalue weighted by Crippen LogP contribution is 2.38. The van der Waals surface area contributed by atoms with E-state index < -0.39 is 17.2 Å². The maximum atomic E-state index is 13.7. The van der Waals surface area contributed by atoms with Gasteiger partial charge >= 0.3 is 5.97 Å². The molecular weight excluding hydrogens is 271 g/mol. The number of nitriles is 1. The minimum absolute atomic E-state index is 0.00446. The number of carboxylic acid groups (broad SMARTS) is 1. The van der Waals surface area contributed by atoms with Crippen LogP contribution in [0.5, 0.6) is 0 Å². The van der Waals surface area contributed by atoms with Crippen LogP contribution in [-0.2, 0) is 4.79 Å². The summed E-state index contributed by atoms with van der Waals surface area (Å²) in [6, 6.07) is 6.38. The molecule has 1 aliphatic rings. The van der Waals surface area contributed by atoms with Crippen molar-refractivity contribution in [2.75, 3.05) is 18.0 Å². The van der Waals surface area contributed by atoms with Gasteiger partial charge in [0.15, 0.2) is 0 Å².